The van der Waals surface area contributed by atoms with Crippen LogP contribution in [0.25, 0.3) is 0 Å². The number of nitrogens with zero attached hydrogens (tertiary/aromatic N) is 1. The minimum absolute atomic E-state index is 0.0431. The van der Waals surface area contributed by atoms with Crippen LogP contribution in [0.1, 0.15) is 15.9 Å². The average Bonchev–Trinajstić information content (AvgIpc) is 2.75. The number of anilines is 2. The number of hydrogen-bond acceptors (Lipinski definition) is 5. The van der Waals surface area contributed by atoms with Gasteiger partial charge < -0.3 is 15.7 Å². The third-order valence-corrected chi connectivity index (χ3v) is 4.23. The Kier molecular flexibility index (Phi) is 6.97. The maximum atomic E-state index is 12.6. The Morgan fingerprint density at radius 1 is 0.871 bits per heavy atom. The molecule has 0 aliphatic heterocycles. The van der Waals surface area contributed by atoms with Gasteiger partial charge >= 0.3 is 11.8 Å². The van der Waals surface area contributed by atoms with Crippen molar-refractivity contribution in [3.05, 3.63) is 88.9 Å². The fourth-order valence-corrected chi connectivity index (χ4v) is 2.65. The van der Waals surface area contributed by atoms with Gasteiger partial charge in [-0.05, 0) is 54.1 Å². The fourth-order valence-electron chi connectivity index (χ4n) is 2.52. The lowest BCUT2D eigenvalue weighted by Gasteiger charge is -2.11. The van der Waals surface area contributed by atoms with E-state index >= 15 is 0 Å². The first kappa shape index (κ1) is 21.5. The highest BCUT2D eigenvalue weighted by Crippen LogP contribution is 2.19. The van der Waals surface area contributed by atoms with Gasteiger partial charge in [-0.2, -0.15) is 5.10 Å². The summed E-state index contributed by atoms with van der Waals surface area (Å²) in [6.45, 7) is 0. The van der Waals surface area contributed by atoms with Gasteiger partial charge in [0.25, 0.3) is 5.91 Å². The highest BCUT2D eigenvalue weighted by atomic mass is 35.5. The molecule has 0 fully saturated rings. The molecule has 3 aromatic rings. The van der Waals surface area contributed by atoms with E-state index in [1.165, 1.54) is 30.5 Å². The number of para-hydroxylation sites is 1. The van der Waals surface area contributed by atoms with Crippen LogP contribution < -0.4 is 16.1 Å². The number of rotatable bonds is 5. The third-order valence-electron chi connectivity index (χ3n) is 3.98. The largest absolute Gasteiger partial charge is 0.508 e. The Hall–Kier alpha value is -4.17. The zero-order chi connectivity index (χ0) is 22.2. The molecule has 156 valence electrons. The monoisotopic (exact) mass is 436 g/mol. The lowest BCUT2D eigenvalue weighted by atomic mass is 10.1. The molecule has 0 radical (unpaired) electrons. The van der Waals surface area contributed by atoms with Crippen LogP contribution in [0.2, 0.25) is 5.02 Å². The summed E-state index contributed by atoms with van der Waals surface area (Å²) in [5.74, 6) is -2.45. The maximum Gasteiger partial charge on any atom is 0.329 e. The molecule has 0 aromatic heterocycles. The average molecular weight is 437 g/mol. The van der Waals surface area contributed by atoms with Gasteiger partial charge in [0.2, 0.25) is 0 Å². The zero-order valence-corrected chi connectivity index (χ0v) is 16.8. The molecule has 0 atom stereocenters. The molecule has 3 aromatic carbocycles. The maximum absolute atomic E-state index is 12.6. The van der Waals surface area contributed by atoms with Crippen LogP contribution in [0, 0.1) is 0 Å². The number of amides is 3. The summed E-state index contributed by atoms with van der Waals surface area (Å²) in [6.07, 6.45) is 1.28. The smallest absolute Gasteiger partial charge is 0.329 e. The first-order valence-corrected chi connectivity index (χ1v) is 9.39. The Labute approximate surface area is 182 Å². The van der Waals surface area contributed by atoms with Gasteiger partial charge in [0.15, 0.2) is 0 Å². The standard InChI is InChI=1S/C22H17ClN4O4/c23-15-8-10-16(11-9-15)25-20(29)18-6-1-2-7-19(18)26-21(30)22(31)27-24-13-14-4-3-5-17(28)12-14/h1-13,28H,(H,25,29)(H,26,30)(H,27,31)/b24-13-. The second kappa shape index (κ2) is 10.0. The molecule has 0 unspecified atom stereocenters. The van der Waals surface area contributed by atoms with Crippen molar-refractivity contribution in [3.8, 4) is 5.75 Å². The number of halogens is 1. The van der Waals surface area contributed by atoms with E-state index in [2.05, 4.69) is 21.2 Å². The number of carbonyl (C=O) groups excluding carboxylic acids is 3. The molecule has 0 heterocycles. The number of aromatic hydroxyl groups is 1. The van der Waals surface area contributed by atoms with Crippen LogP contribution in [0.5, 0.6) is 5.75 Å². The second-order valence-corrected chi connectivity index (χ2v) is 6.69. The van der Waals surface area contributed by atoms with E-state index in [1.807, 2.05) is 0 Å². The summed E-state index contributed by atoms with van der Waals surface area (Å²) in [5, 5.41) is 18.7. The predicted octanol–water partition coefficient (Wildman–Crippen LogP) is 3.39. The molecule has 8 nitrogen and oxygen atoms in total. The Morgan fingerprint density at radius 2 is 1.61 bits per heavy atom. The van der Waals surface area contributed by atoms with Crippen LogP contribution in [0.15, 0.2) is 77.9 Å². The van der Waals surface area contributed by atoms with Gasteiger partial charge in [0.1, 0.15) is 5.75 Å². The van der Waals surface area contributed by atoms with Crippen molar-refractivity contribution in [2.75, 3.05) is 10.6 Å². The number of carbonyl (C=O) groups is 3. The van der Waals surface area contributed by atoms with Crippen molar-refractivity contribution in [2.45, 2.75) is 0 Å². The van der Waals surface area contributed by atoms with Gasteiger partial charge in [-0.1, -0.05) is 35.9 Å². The van der Waals surface area contributed by atoms with E-state index in [4.69, 9.17) is 11.6 Å². The number of hydrazone groups is 1. The van der Waals surface area contributed by atoms with Gasteiger partial charge in [0, 0.05) is 10.7 Å². The highest BCUT2D eigenvalue weighted by Gasteiger charge is 2.17. The summed E-state index contributed by atoms with van der Waals surface area (Å²) in [5.41, 5.74) is 3.47. The minimum atomic E-state index is -1.02. The molecular weight excluding hydrogens is 420 g/mol. The molecule has 0 saturated heterocycles. The molecule has 0 aliphatic rings. The second-order valence-electron chi connectivity index (χ2n) is 6.25. The van der Waals surface area contributed by atoms with E-state index in [0.29, 0.717) is 16.3 Å². The Morgan fingerprint density at radius 3 is 2.35 bits per heavy atom. The molecule has 3 rings (SSSR count). The van der Waals surface area contributed by atoms with Crippen molar-refractivity contribution in [2.24, 2.45) is 5.10 Å². The van der Waals surface area contributed by atoms with Crippen molar-refractivity contribution >= 4 is 46.9 Å². The normalized spacial score (nSPS) is 10.5. The van der Waals surface area contributed by atoms with E-state index in [1.54, 1.807) is 48.5 Å². The molecule has 4 N–H and O–H groups in total. The van der Waals surface area contributed by atoms with Crippen LogP contribution in [-0.4, -0.2) is 29.0 Å². The molecule has 31 heavy (non-hydrogen) atoms. The van der Waals surface area contributed by atoms with Crippen LogP contribution in [-0.2, 0) is 9.59 Å². The molecule has 0 saturated carbocycles. The number of phenolic OH excluding ortho intramolecular Hbond substituents is 1. The van der Waals surface area contributed by atoms with Crippen molar-refractivity contribution < 1.29 is 19.5 Å². The Bertz CT molecular complexity index is 1150. The van der Waals surface area contributed by atoms with Gasteiger partial charge in [-0.3, -0.25) is 14.4 Å². The summed E-state index contributed by atoms with van der Waals surface area (Å²) in [7, 11) is 0. The van der Waals surface area contributed by atoms with Gasteiger partial charge in [-0.25, -0.2) is 5.43 Å². The molecule has 0 bridgehead atoms. The molecule has 0 spiro atoms. The lowest BCUT2D eigenvalue weighted by Crippen LogP contribution is -2.33. The number of benzene rings is 3. The minimum Gasteiger partial charge on any atom is -0.508 e. The summed E-state index contributed by atoms with van der Waals surface area (Å²) in [4.78, 5) is 36.8. The first-order chi connectivity index (χ1) is 14.9. The fraction of sp³-hybridized carbons (Fsp3) is 0. The first-order valence-electron chi connectivity index (χ1n) is 9.02. The molecular formula is C22H17ClN4O4. The van der Waals surface area contributed by atoms with E-state index in [9.17, 15) is 19.5 Å². The van der Waals surface area contributed by atoms with Gasteiger partial charge in [0.05, 0.1) is 17.5 Å². The predicted molar refractivity (Wildman–Crippen MR) is 118 cm³/mol. The zero-order valence-electron chi connectivity index (χ0n) is 16.0. The van der Waals surface area contributed by atoms with Gasteiger partial charge in [-0.15, -0.1) is 0 Å². The Balaban J connectivity index is 1.63. The van der Waals surface area contributed by atoms with E-state index in [-0.39, 0.29) is 17.0 Å². The van der Waals surface area contributed by atoms with Crippen LogP contribution in [0.3, 0.4) is 0 Å². The van der Waals surface area contributed by atoms with Crippen LogP contribution >= 0.6 is 11.6 Å². The number of phenols is 1. The van der Waals surface area contributed by atoms with Crippen molar-refractivity contribution in [1.29, 1.82) is 0 Å². The topological polar surface area (TPSA) is 120 Å². The quantitative estimate of drug-likeness (QED) is 0.278. The van der Waals surface area contributed by atoms with E-state index < -0.39 is 17.7 Å². The number of hydrogen-bond donors (Lipinski definition) is 4. The molecule has 3 amide bonds. The number of nitrogens with one attached hydrogen (secondary N) is 3. The highest BCUT2D eigenvalue weighted by molar-refractivity contribution is 6.40. The third kappa shape index (κ3) is 6.15. The summed E-state index contributed by atoms with van der Waals surface area (Å²) >= 11 is 5.84. The summed E-state index contributed by atoms with van der Waals surface area (Å²) in [6, 6.07) is 19.0. The summed E-state index contributed by atoms with van der Waals surface area (Å²) < 4.78 is 0. The van der Waals surface area contributed by atoms with Crippen molar-refractivity contribution in [1.82, 2.24) is 5.43 Å². The van der Waals surface area contributed by atoms with Crippen LogP contribution in [0.4, 0.5) is 11.4 Å². The lowest BCUT2D eigenvalue weighted by molar-refractivity contribution is -0.136. The van der Waals surface area contributed by atoms with E-state index in [0.717, 1.165) is 0 Å². The SMILES string of the molecule is O=C(N/N=C\c1cccc(O)c1)C(=O)Nc1ccccc1C(=O)Nc1ccc(Cl)cc1. The molecule has 0 aliphatic carbocycles. The van der Waals surface area contributed by atoms with Crippen molar-refractivity contribution in [3.63, 3.8) is 0 Å². The molecule has 9 heteroatoms.